The van der Waals surface area contributed by atoms with Crippen molar-refractivity contribution in [3.05, 3.63) is 62.0 Å². The van der Waals surface area contributed by atoms with Crippen LogP contribution in [0.2, 0.25) is 0 Å². The van der Waals surface area contributed by atoms with E-state index in [1.165, 1.54) is 35.3 Å². The zero-order valence-electron chi connectivity index (χ0n) is 15.3. The van der Waals surface area contributed by atoms with Crippen LogP contribution in [0.1, 0.15) is 66.4 Å². The molecule has 1 aromatic carbocycles. The minimum absolute atomic E-state index is 0.00389. The maximum atomic E-state index is 12.7. The lowest BCUT2D eigenvalue weighted by molar-refractivity contribution is 0.713. The number of aromatic amines is 1. The molecule has 134 valence electrons. The second-order valence-corrected chi connectivity index (χ2v) is 8.43. The molecular weight excluding hydrogens is 340 g/mol. The Balaban J connectivity index is 1.66. The summed E-state index contributed by atoms with van der Waals surface area (Å²) in [6, 6.07) is 8.52. The van der Waals surface area contributed by atoms with Gasteiger partial charge in [0.25, 0.3) is 5.56 Å². The van der Waals surface area contributed by atoms with Crippen LogP contribution >= 0.6 is 11.3 Å². The Labute approximate surface area is 157 Å². The Hall–Kier alpha value is -2.20. The van der Waals surface area contributed by atoms with Gasteiger partial charge in [0, 0.05) is 4.88 Å². The highest BCUT2D eigenvalue weighted by Crippen LogP contribution is 2.32. The molecule has 2 aromatic heterocycles. The van der Waals surface area contributed by atoms with Crippen molar-refractivity contribution in [3.63, 3.8) is 0 Å². The fourth-order valence-electron chi connectivity index (χ4n) is 3.60. The molecule has 0 saturated carbocycles. The first-order valence-electron chi connectivity index (χ1n) is 9.44. The van der Waals surface area contributed by atoms with Crippen LogP contribution in [0.15, 0.2) is 29.1 Å². The smallest absolute Gasteiger partial charge is 0.260 e. The zero-order valence-corrected chi connectivity index (χ0v) is 16.2. The molecule has 2 heterocycles. The molecule has 4 heteroatoms. The van der Waals surface area contributed by atoms with Crippen LogP contribution in [0, 0.1) is 0 Å². The van der Waals surface area contributed by atoms with Crippen molar-refractivity contribution in [2.75, 3.05) is 0 Å². The molecule has 0 radical (unpaired) electrons. The summed E-state index contributed by atoms with van der Waals surface area (Å²) in [4.78, 5) is 22.6. The molecule has 0 fully saturated rings. The number of fused-ring (bicyclic) bond motifs is 3. The number of hydrogen-bond acceptors (Lipinski definition) is 3. The summed E-state index contributed by atoms with van der Waals surface area (Å²) in [5, 5.41) is 0.824. The third-order valence-corrected chi connectivity index (χ3v) is 6.32. The highest BCUT2D eigenvalue weighted by atomic mass is 32.1. The number of nitrogens with zero attached hydrogens (tertiary/aromatic N) is 1. The second-order valence-electron chi connectivity index (χ2n) is 7.35. The van der Waals surface area contributed by atoms with Gasteiger partial charge in [0.15, 0.2) is 0 Å². The molecule has 0 spiro atoms. The molecule has 26 heavy (non-hydrogen) atoms. The highest BCUT2D eigenvalue weighted by molar-refractivity contribution is 7.18. The van der Waals surface area contributed by atoms with Crippen molar-refractivity contribution >= 4 is 33.7 Å². The van der Waals surface area contributed by atoms with E-state index in [9.17, 15) is 4.79 Å². The molecule has 0 unspecified atom stereocenters. The Bertz CT molecular complexity index is 1010. The molecule has 3 aromatic rings. The lowest BCUT2D eigenvalue weighted by Crippen LogP contribution is -2.10. The van der Waals surface area contributed by atoms with E-state index >= 15 is 0 Å². The van der Waals surface area contributed by atoms with E-state index in [0.29, 0.717) is 11.7 Å². The van der Waals surface area contributed by atoms with Crippen molar-refractivity contribution in [3.8, 4) is 0 Å². The summed E-state index contributed by atoms with van der Waals surface area (Å²) in [5.41, 5.74) is 3.69. The normalized spacial score (nSPS) is 14.9. The summed E-state index contributed by atoms with van der Waals surface area (Å²) >= 11 is 1.70. The van der Waals surface area contributed by atoms with E-state index in [1.807, 2.05) is 12.2 Å². The average molecular weight is 365 g/mol. The van der Waals surface area contributed by atoms with Gasteiger partial charge in [0.2, 0.25) is 0 Å². The molecule has 0 saturated heterocycles. The zero-order chi connectivity index (χ0) is 18.1. The average Bonchev–Trinajstić information content (AvgIpc) is 2.82. The summed E-state index contributed by atoms with van der Waals surface area (Å²) in [6.07, 6.45) is 9.65. The van der Waals surface area contributed by atoms with Gasteiger partial charge in [0.05, 0.1) is 5.39 Å². The molecule has 4 rings (SSSR count). The van der Waals surface area contributed by atoms with Crippen molar-refractivity contribution < 1.29 is 0 Å². The van der Waals surface area contributed by atoms with Gasteiger partial charge in [-0.15, -0.1) is 11.3 Å². The second kappa shape index (κ2) is 7.20. The van der Waals surface area contributed by atoms with E-state index in [4.69, 9.17) is 4.98 Å². The summed E-state index contributed by atoms with van der Waals surface area (Å²) in [6.45, 7) is 4.38. The molecule has 0 bridgehead atoms. The maximum absolute atomic E-state index is 12.7. The molecule has 0 amide bonds. The van der Waals surface area contributed by atoms with E-state index in [1.54, 1.807) is 11.3 Å². The van der Waals surface area contributed by atoms with Gasteiger partial charge in [-0.2, -0.15) is 0 Å². The van der Waals surface area contributed by atoms with Gasteiger partial charge >= 0.3 is 0 Å². The SMILES string of the molecule is CC(C)c1ccc(/C=C/c2nc3sc4c(c3c(=O)[nH]2)CCCCC4)cc1. The van der Waals surface area contributed by atoms with Gasteiger partial charge in [-0.3, -0.25) is 4.79 Å². The number of benzene rings is 1. The van der Waals surface area contributed by atoms with Gasteiger partial charge in [0.1, 0.15) is 10.7 Å². The first-order valence-corrected chi connectivity index (χ1v) is 10.3. The van der Waals surface area contributed by atoms with Crippen molar-refractivity contribution in [1.82, 2.24) is 9.97 Å². The molecule has 1 aliphatic carbocycles. The maximum Gasteiger partial charge on any atom is 0.260 e. The highest BCUT2D eigenvalue weighted by Gasteiger charge is 2.18. The predicted molar refractivity (Wildman–Crippen MR) is 111 cm³/mol. The van der Waals surface area contributed by atoms with E-state index in [2.05, 4.69) is 43.1 Å². The van der Waals surface area contributed by atoms with Crippen LogP contribution in [0.3, 0.4) is 0 Å². The lowest BCUT2D eigenvalue weighted by atomic mass is 10.0. The van der Waals surface area contributed by atoms with E-state index in [0.717, 1.165) is 28.6 Å². The fourth-order valence-corrected chi connectivity index (χ4v) is 4.87. The van der Waals surface area contributed by atoms with Crippen LogP contribution in [0.25, 0.3) is 22.4 Å². The summed E-state index contributed by atoms with van der Waals surface area (Å²) in [5.74, 6) is 1.16. The van der Waals surface area contributed by atoms with Gasteiger partial charge in [-0.25, -0.2) is 4.98 Å². The van der Waals surface area contributed by atoms with Crippen molar-refractivity contribution in [2.24, 2.45) is 0 Å². The largest absolute Gasteiger partial charge is 0.306 e. The standard InChI is InChI=1S/C22H24N2OS/c1-14(2)16-11-8-15(9-12-16)10-13-19-23-21(25)20-17-6-4-3-5-7-18(17)26-22(20)24-19/h8-14H,3-7H2,1-2H3,(H,23,24,25)/b13-10+. The number of rotatable bonds is 3. The number of aryl methyl sites for hydroxylation is 2. The van der Waals surface area contributed by atoms with E-state index in [-0.39, 0.29) is 5.56 Å². The van der Waals surface area contributed by atoms with Gasteiger partial charge < -0.3 is 4.98 Å². The minimum atomic E-state index is 0.00389. The summed E-state index contributed by atoms with van der Waals surface area (Å²) in [7, 11) is 0. The van der Waals surface area contributed by atoms with Gasteiger partial charge in [-0.05, 0) is 54.4 Å². The van der Waals surface area contributed by atoms with Crippen LogP contribution in [-0.2, 0) is 12.8 Å². The number of H-pyrrole nitrogens is 1. The van der Waals surface area contributed by atoms with Crippen LogP contribution < -0.4 is 5.56 Å². The fraction of sp³-hybridized carbons (Fsp3) is 0.364. The third kappa shape index (κ3) is 3.38. The Morgan fingerprint density at radius 3 is 2.62 bits per heavy atom. The monoisotopic (exact) mass is 364 g/mol. The van der Waals surface area contributed by atoms with Crippen LogP contribution in [0.4, 0.5) is 0 Å². The molecule has 1 aliphatic rings. The number of thiophene rings is 1. The third-order valence-electron chi connectivity index (χ3n) is 5.13. The lowest BCUT2D eigenvalue weighted by Gasteiger charge is -2.04. The molecule has 0 atom stereocenters. The van der Waals surface area contributed by atoms with Crippen molar-refractivity contribution in [1.29, 1.82) is 0 Å². The van der Waals surface area contributed by atoms with Crippen molar-refractivity contribution in [2.45, 2.75) is 51.9 Å². The molecular formula is C22H24N2OS. The number of hydrogen-bond donors (Lipinski definition) is 1. The van der Waals surface area contributed by atoms with Crippen LogP contribution in [-0.4, -0.2) is 9.97 Å². The Morgan fingerprint density at radius 2 is 1.85 bits per heavy atom. The molecule has 0 aliphatic heterocycles. The number of nitrogens with one attached hydrogen (secondary N) is 1. The van der Waals surface area contributed by atoms with Gasteiger partial charge in [-0.1, -0.05) is 50.6 Å². The summed E-state index contributed by atoms with van der Waals surface area (Å²) < 4.78 is 0. The predicted octanol–water partition coefficient (Wildman–Crippen LogP) is 5.55. The topological polar surface area (TPSA) is 45.8 Å². The Kier molecular flexibility index (Phi) is 4.77. The first-order chi connectivity index (χ1) is 12.6. The quantitative estimate of drug-likeness (QED) is 0.620. The minimum Gasteiger partial charge on any atom is -0.306 e. The van der Waals surface area contributed by atoms with E-state index < -0.39 is 0 Å². The molecule has 1 N–H and O–H groups in total. The molecule has 3 nitrogen and oxygen atoms in total. The first kappa shape index (κ1) is 17.2. The Morgan fingerprint density at radius 1 is 1.08 bits per heavy atom. The van der Waals surface area contributed by atoms with Crippen LogP contribution in [0.5, 0.6) is 0 Å². The number of aromatic nitrogens is 2.